The summed E-state index contributed by atoms with van der Waals surface area (Å²) >= 11 is 6.16. The summed E-state index contributed by atoms with van der Waals surface area (Å²) in [7, 11) is 0. The molecule has 0 bridgehead atoms. The molecule has 31 heavy (non-hydrogen) atoms. The number of benzene rings is 3. The summed E-state index contributed by atoms with van der Waals surface area (Å²) in [5.74, 6) is 0.250. The van der Waals surface area contributed by atoms with Crippen LogP contribution in [0.4, 0.5) is 10.5 Å². The van der Waals surface area contributed by atoms with Crippen molar-refractivity contribution in [2.75, 3.05) is 0 Å². The van der Waals surface area contributed by atoms with E-state index in [1.165, 1.54) is 24.3 Å². The number of hydrogen-bond donors (Lipinski definition) is 1. The van der Waals surface area contributed by atoms with E-state index in [0.29, 0.717) is 21.5 Å². The summed E-state index contributed by atoms with van der Waals surface area (Å²) in [5, 5.41) is 6.37. The second-order valence-electron chi connectivity index (χ2n) is 6.68. The van der Waals surface area contributed by atoms with Gasteiger partial charge in [0, 0.05) is 27.9 Å². The number of nitrogens with zero attached hydrogens (tertiary/aromatic N) is 2. The van der Waals surface area contributed by atoms with E-state index in [1.807, 2.05) is 34.9 Å². The topological polar surface area (TPSA) is 89.8 Å². The highest BCUT2D eigenvalue weighted by atomic mass is 35.5. The lowest BCUT2D eigenvalue weighted by molar-refractivity contribution is 0.200. The van der Waals surface area contributed by atoms with Crippen LogP contribution < -0.4 is 15.5 Å². The molecule has 0 saturated carbocycles. The van der Waals surface area contributed by atoms with Gasteiger partial charge in [-0.3, -0.25) is 4.79 Å². The van der Waals surface area contributed by atoms with Crippen LogP contribution in [0.3, 0.4) is 0 Å². The lowest BCUT2D eigenvalue weighted by Crippen LogP contribution is -2.29. The number of ether oxygens (including phenoxy) is 1. The zero-order valence-corrected chi connectivity index (χ0v) is 16.9. The molecule has 0 aliphatic rings. The molecule has 0 spiro atoms. The highest BCUT2D eigenvalue weighted by molar-refractivity contribution is 6.31. The summed E-state index contributed by atoms with van der Waals surface area (Å²) in [6, 6.07) is 20.3. The monoisotopic (exact) mass is 433 g/mol. The van der Waals surface area contributed by atoms with Gasteiger partial charge in [0.25, 0.3) is 0 Å². The maximum absolute atomic E-state index is 13.0. The first kappa shape index (κ1) is 20.3. The Hall–Kier alpha value is -3.97. The smallest absolute Gasteiger partial charge is 0.410 e. The van der Waals surface area contributed by atoms with Gasteiger partial charge in [-0.05, 0) is 59.8 Å². The average molecular weight is 434 g/mol. The minimum atomic E-state index is -0.728. The zero-order chi connectivity index (χ0) is 21.8. The molecule has 1 N–H and O–H groups in total. The minimum Gasteiger partial charge on any atom is -0.410 e. The minimum absolute atomic E-state index is 0.0307. The molecule has 1 heterocycles. The number of halogens is 1. The molecule has 1 amide bonds. The molecule has 0 unspecified atom stereocenters. The Balaban J connectivity index is 1.62. The summed E-state index contributed by atoms with van der Waals surface area (Å²) < 4.78 is 7.03. The SMILES string of the molecule is O=Nc1ccc(OC(=O)NCc2cn(-c3ccccc3)c3cc(Cl)ccc3c2=O)cc1. The van der Waals surface area contributed by atoms with Crippen LogP contribution in [0.2, 0.25) is 5.02 Å². The lowest BCUT2D eigenvalue weighted by atomic mass is 10.1. The number of pyridine rings is 1. The first-order valence-corrected chi connectivity index (χ1v) is 9.71. The fourth-order valence-electron chi connectivity index (χ4n) is 3.17. The number of carbonyl (C=O) groups excluding carboxylic acids is 1. The molecule has 0 fully saturated rings. The molecule has 0 aliphatic heterocycles. The van der Waals surface area contributed by atoms with Crippen molar-refractivity contribution in [1.29, 1.82) is 0 Å². The van der Waals surface area contributed by atoms with Gasteiger partial charge in [0.15, 0.2) is 5.43 Å². The van der Waals surface area contributed by atoms with Crippen molar-refractivity contribution >= 4 is 34.3 Å². The predicted octanol–water partition coefficient (Wildman–Crippen LogP) is 5.33. The van der Waals surface area contributed by atoms with Crippen LogP contribution in [0.25, 0.3) is 16.6 Å². The first-order valence-electron chi connectivity index (χ1n) is 9.33. The molecule has 3 aromatic carbocycles. The van der Waals surface area contributed by atoms with Gasteiger partial charge >= 0.3 is 6.09 Å². The van der Waals surface area contributed by atoms with Crippen molar-refractivity contribution in [1.82, 2.24) is 9.88 Å². The molecule has 0 radical (unpaired) electrons. The second kappa shape index (κ2) is 8.81. The fourth-order valence-corrected chi connectivity index (χ4v) is 3.33. The Morgan fingerprint density at radius 2 is 1.77 bits per heavy atom. The van der Waals surface area contributed by atoms with Crippen molar-refractivity contribution in [3.05, 3.63) is 105 Å². The number of carbonyl (C=O) groups is 1. The maximum Gasteiger partial charge on any atom is 0.412 e. The number of aromatic nitrogens is 1. The molecule has 8 heteroatoms. The van der Waals surface area contributed by atoms with Crippen molar-refractivity contribution in [2.45, 2.75) is 6.54 Å². The Kier molecular flexibility index (Phi) is 5.77. The van der Waals surface area contributed by atoms with Gasteiger partial charge in [-0.2, -0.15) is 0 Å². The Morgan fingerprint density at radius 3 is 2.48 bits per heavy atom. The molecular weight excluding hydrogens is 418 g/mol. The third kappa shape index (κ3) is 4.46. The Labute approximate surface area is 181 Å². The number of nitrogens with one attached hydrogen (secondary N) is 1. The van der Waals surface area contributed by atoms with E-state index >= 15 is 0 Å². The fraction of sp³-hybridized carbons (Fsp3) is 0.0435. The van der Waals surface area contributed by atoms with Crippen LogP contribution in [-0.4, -0.2) is 10.7 Å². The van der Waals surface area contributed by atoms with Crippen molar-refractivity contribution in [3.8, 4) is 11.4 Å². The van der Waals surface area contributed by atoms with Crippen molar-refractivity contribution in [3.63, 3.8) is 0 Å². The first-order chi connectivity index (χ1) is 15.0. The van der Waals surface area contributed by atoms with Crippen LogP contribution >= 0.6 is 11.6 Å². The van der Waals surface area contributed by atoms with Crippen LogP contribution in [0.1, 0.15) is 5.56 Å². The molecule has 1 aromatic heterocycles. The second-order valence-corrected chi connectivity index (χ2v) is 7.12. The highest BCUT2D eigenvalue weighted by Gasteiger charge is 2.13. The molecular formula is C23H16ClN3O4. The molecule has 4 rings (SSSR count). The van der Waals surface area contributed by atoms with E-state index in [9.17, 15) is 14.5 Å². The van der Waals surface area contributed by atoms with E-state index in [-0.39, 0.29) is 23.4 Å². The van der Waals surface area contributed by atoms with Crippen molar-refractivity contribution < 1.29 is 9.53 Å². The summed E-state index contributed by atoms with van der Waals surface area (Å²) in [6.07, 6.45) is 0.954. The van der Waals surface area contributed by atoms with Gasteiger partial charge in [-0.1, -0.05) is 29.8 Å². The zero-order valence-electron chi connectivity index (χ0n) is 16.1. The van der Waals surface area contributed by atoms with E-state index in [1.54, 1.807) is 24.4 Å². The molecule has 7 nitrogen and oxygen atoms in total. The van der Waals surface area contributed by atoms with Gasteiger partial charge in [-0.15, -0.1) is 4.91 Å². The third-order valence-electron chi connectivity index (χ3n) is 4.65. The van der Waals surface area contributed by atoms with E-state index in [0.717, 1.165) is 5.69 Å². The van der Waals surface area contributed by atoms with Gasteiger partial charge in [0.2, 0.25) is 0 Å². The lowest BCUT2D eigenvalue weighted by Gasteiger charge is -2.14. The van der Waals surface area contributed by atoms with Gasteiger partial charge < -0.3 is 14.6 Å². The largest absolute Gasteiger partial charge is 0.412 e. The quantitative estimate of drug-likeness (QED) is 0.431. The normalized spacial score (nSPS) is 10.6. The van der Waals surface area contributed by atoms with Crippen molar-refractivity contribution in [2.24, 2.45) is 5.18 Å². The third-order valence-corrected chi connectivity index (χ3v) is 4.89. The number of rotatable bonds is 5. The summed E-state index contributed by atoms with van der Waals surface area (Å²) in [5.41, 5.74) is 1.92. The number of amides is 1. The molecule has 0 atom stereocenters. The predicted molar refractivity (Wildman–Crippen MR) is 119 cm³/mol. The van der Waals surface area contributed by atoms with Crippen LogP contribution in [-0.2, 0) is 6.54 Å². The molecule has 0 saturated heterocycles. The average Bonchev–Trinajstić information content (AvgIpc) is 2.79. The van der Waals surface area contributed by atoms with Crippen LogP contribution in [0.5, 0.6) is 5.75 Å². The molecule has 4 aromatic rings. The highest BCUT2D eigenvalue weighted by Crippen LogP contribution is 2.22. The van der Waals surface area contributed by atoms with Crippen LogP contribution in [0.15, 0.2) is 89.0 Å². The van der Waals surface area contributed by atoms with E-state index in [4.69, 9.17) is 16.3 Å². The van der Waals surface area contributed by atoms with Gasteiger partial charge in [-0.25, -0.2) is 4.79 Å². The van der Waals surface area contributed by atoms with E-state index < -0.39 is 6.09 Å². The van der Waals surface area contributed by atoms with Crippen LogP contribution in [0, 0.1) is 4.91 Å². The molecule has 154 valence electrons. The number of nitroso groups, excluding NO2 is 1. The Morgan fingerprint density at radius 1 is 1.03 bits per heavy atom. The van der Waals surface area contributed by atoms with Gasteiger partial charge in [0.1, 0.15) is 11.4 Å². The number of fused-ring (bicyclic) bond motifs is 1. The number of para-hydroxylation sites is 1. The number of hydrogen-bond acceptors (Lipinski definition) is 5. The molecule has 0 aliphatic carbocycles. The summed E-state index contributed by atoms with van der Waals surface area (Å²) in [6.45, 7) is -0.0307. The summed E-state index contributed by atoms with van der Waals surface area (Å²) in [4.78, 5) is 35.6. The standard InChI is InChI=1S/C23H16ClN3O4/c24-16-6-11-20-21(12-16)27(18-4-2-1-3-5-18)14-15(22(20)28)13-25-23(29)31-19-9-7-17(26-30)8-10-19/h1-12,14H,13H2,(H,25,29). The Bertz CT molecular complexity index is 1320. The maximum atomic E-state index is 13.0. The van der Waals surface area contributed by atoms with E-state index in [2.05, 4.69) is 10.5 Å². The van der Waals surface area contributed by atoms with Gasteiger partial charge in [0.05, 0.1) is 12.1 Å².